The average molecular weight is 288 g/mol. The van der Waals surface area contributed by atoms with Gasteiger partial charge in [0.15, 0.2) is 5.92 Å². The van der Waals surface area contributed by atoms with Gasteiger partial charge in [-0.25, -0.2) is 0 Å². The molecule has 4 heteroatoms. The molecule has 6 rings (SSSR count). The number of hydrogen-bond donors (Lipinski definition) is 0. The van der Waals surface area contributed by atoms with E-state index in [1.54, 1.807) is 13.8 Å². The fraction of sp³-hybridized carbons (Fsp3) is 0.882. The van der Waals surface area contributed by atoms with Gasteiger partial charge < -0.3 is 9.47 Å². The van der Waals surface area contributed by atoms with Crippen molar-refractivity contribution in [2.75, 3.05) is 0 Å². The van der Waals surface area contributed by atoms with Crippen LogP contribution in [-0.4, -0.2) is 17.7 Å². The number of cyclic esters (lactones) is 2. The molecule has 0 aromatic rings. The second-order valence-corrected chi connectivity index (χ2v) is 8.73. The van der Waals surface area contributed by atoms with Gasteiger partial charge in [-0.15, -0.1) is 0 Å². The molecule has 1 heterocycles. The number of ether oxygens (including phenoxy) is 2. The molecule has 0 aromatic heterocycles. The van der Waals surface area contributed by atoms with E-state index >= 15 is 0 Å². The first-order valence-corrected chi connectivity index (χ1v) is 8.44. The molecule has 0 N–H and O–H groups in total. The molecule has 21 heavy (non-hydrogen) atoms. The molecule has 5 aliphatic carbocycles. The van der Waals surface area contributed by atoms with E-state index in [9.17, 15) is 9.59 Å². The fourth-order valence-electron chi connectivity index (χ4n) is 8.04. The summed E-state index contributed by atoms with van der Waals surface area (Å²) in [7, 11) is 0. The molecule has 0 amide bonds. The molecule has 1 aliphatic heterocycles. The van der Waals surface area contributed by atoms with Crippen LogP contribution in [0.5, 0.6) is 0 Å². The van der Waals surface area contributed by atoms with Gasteiger partial charge in [0.25, 0.3) is 5.79 Å². The Morgan fingerprint density at radius 1 is 0.762 bits per heavy atom. The van der Waals surface area contributed by atoms with Crippen molar-refractivity contribution in [2.45, 2.75) is 32.5 Å². The summed E-state index contributed by atoms with van der Waals surface area (Å²) in [6.07, 6.45) is 2.74. The van der Waals surface area contributed by atoms with Crippen LogP contribution in [-0.2, 0) is 19.1 Å². The zero-order valence-electron chi connectivity index (χ0n) is 12.3. The quantitative estimate of drug-likeness (QED) is 0.545. The average Bonchev–Trinajstić information content (AvgIpc) is 2.85. The van der Waals surface area contributed by atoms with Crippen LogP contribution < -0.4 is 0 Å². The standard InChI is InChI=1S/C17H20O4/c1-17(2)20-15(18)14(16(19)21-17)13-10-6-4-7-9-5(6)3-8(10)11(9)12(7)13/h5-14H,3-4H2,1-2H3/t5-,6+,7+,8+,9-,10+,11+,12-,13+/m0/s1. The summed E-state index contributed by atoms with van der Waals surface area (Å²) in [6.45, 7) is 3.28. The molecule has 6 aliphatic rings. The molecular weight excluding hydrogens is 268 g/mol. The van der Waals surface area contributed by atoms with Crippen molar-refractivity contribution in [3.05, 3.63) is 0 Å². The maximum Gasteiger partial charge on any atom is 0.323 e. The number of hydrogen-bond acceptors (Lipinski definition) is 4. The second-order valence-electron chi connectivity index (χ2n) is 8.73. The fourth-order valence-corrected chi connectivity index (χ4v) is 8.04. The number of fused-ring (bicyclic) bond motifs is 2. The molecule has 6 fully saturated rings. The lowest BCUT2D eigenvalue weighted by Gasteiger charge is -2.49. The Morgan fingerprint density at radius 3 is 1.81 bits per heavy atom. The first kappa shape index (κ1) is 11.5. The Kier molecular flexibility index (Phi) is 1.65. The third kappa shape index (κ3) is 1.02. The topological polar surface area (TPSA) is 52.6 Å². The lowest BCUT2D eigenvalue weighted by molar-refractivity contribution is -0.246. The molecular formula is C17H20O4. The number of carbonyl (C=O) groups is 2. The van der Waals surface area contributed by atoms with Crippen LogP contribution in [0.3, 0.4) is 0 Å². The van der Waals surface area contributed by atoms with E-state index in [1.165, 1.54) is 12.8 Å². The SMILES string of the molecule is CC1(C)OC(=O)C([C@@H]2[C@@H]3[C@@H]4C[C@@H]5[C@@H]6[C@H]4C[C@H]3[C@H]6[C@H]52)C(=O)O1. The summed E-state index contributed by atoms with van der Waals surface area (Å²) in [4.78, 5) is 25.0. The Hall–Kier alpha value is -1.06. The summed E-state index contributed by atoms with van der Waals surface area (Å²) in [6, 6.07) is 0. The maximum absolute atomic E-state index is 12.5. The Balaban J connectivity index is 1.41. The highest BCUT2D eigenvalue weighted by Gasteiger charge is 2.82. The smallest absolute Gasteiger partial charge is 0.323 e. The molecule has 5 saturated carbocycles. The molecule has 0 unspecified atom stereocenters. The molecule has 2 bridgehead atoms. The summed E-state index contributed by atoms with van der Waals surface area (Å²) in [5.74, 6) is 4.14. The van der Waals surface area contributed by atoms with Crippen LogP contribution in [0.2, 0.25) is 0 Å². The van der Waals surface area contributed by atoms with Crippen LogP contribution in [0.1, 0.15) is 26.7 Å². The van der Waals surface area contributed by atoms with Crippen LogP contribution in [0.15, 0.2) is 0 Å². The number of esters is 2. The monoisotopic (exact) mass is 288 g/mol. The summed E-state index contributed by atoms with van der Waals surface area (Å²) < 4.78 is 10.8. The molecule has 0 aromatic carbocycles. The lowest BCUT2D eigenvalue weighted by Crippen LogP contribution is -2.54. The van der Waals surface area contributed by atoms with Gasteiger partial charge in [0.1, 0.15) is 0 Å². The Bertz CT molecular complexity index is 570. The van der Waals surface area contributed by atoms with Crippen LogP contribution in [0.4, 0.5) is 0 Å². The van der Waals surface area contributed by atoms with Gasteiger partial charge in [0.2, 0.25) is 0 Å². The minimum absolute atomic E-state index is 0.226. The van der Waals surface area contributed by atoms with Gasteiger partial charge in [-0.05, 0) is 66.1 Å². The predicted molar refractivity (Wildman–Crippen MR) is 70.4 cm³/mol. The zero-order valence-corrected chi connectivity index (χ0v) is 12.3. The van der Waals surface area contributed by atoms with E-state index in [2.05, 4.69) is 0 Å². The Labute approximate surface area is 123 Å². The van der Waals surface area contributed by atoms with E-state index in [4.69, 9.17) is 9.47 Å². The maximum atomic E-state index is 12.5. The molecule has 0 radical (unpaired) electrons. The van der Waals surface area contributed by atoms with Gasteiger partial charge in [-0.3, -0.25) is 9.59 Å². The van der Waals surface area contributed by atoms with Gasteiger partial charge in [-0.2, -0.15) is 0 Å². The van der Waals surface area contributed by atoms with Gasteiger partial charge in [0, 0.05) is 13.8 Å². The molecule has 112 valence electrons. The minimum Gasteiger partial charge on any atom is -0.422 e. The van der Waals surface area contributed by atoms with Crippen molar-refractivity contribution in [1.82, 2.24) is 0 Å². The van der Waals surface area contributed by atoms with Gasteiger partial charge in [0.05, 0.1) is 0 Å². The van der Waals surface area contributed by atoms with E-state index in [0.29, 0.717) is 11.8 Å². The van der Waals surface area contributed by atoms with Crippen molar-refractivity contribution < 1.29 is 19.1 Å². The van der Waals surface area contributed by atoms with Crippen molar-refractivity contribution in [2.24, 2.45) is 59.2 Å². The van der Waals surface area contributed by atoms with Crippen molar-refractivity contribution in [3.63, 3.8) is 0 Å². The number of rotatable bonds is 1. The van der Waals surface area contributed by atoms with E-state index in [-0.39, 0.29) is 17.9 Å². The largest absolute Gasteiger partial charge is 0.422 e. The zero-order chi connectivity index (χ0) is 14.3. The van der Waals surface area contributed by atoms with Crippen LogP contribution in [0, 0.1) is 59.2 Å². The minimum atomic E-state index is -1.09. The van der Waals surface area contributed by atoms with E-state index < -0.39 is 11.7 Å². The highest BCUT2D eigenvalue weighted by Crippen LogP contribution is 2.85. The van der Waals surface area contributed by atoms with Crippen LogP contribution >= 0.6 is 0 Å². The Morgan fingerprint density at radius 2 is 1.24 bits per heavy atom. The highest BCUT2D eigenvalue weighted by atomic mass is 16.7. The van der Waals surface area contributed by atoms with E-state index in [0.717, 1.165) is 35.5 Å². The first-order valence-electron chi connectivity index (χ1n) is 8.44. The number of carbonyl (C=O) groups excluding carboxylic acids is 2. The van der Waals surface area contributed by atoms with Crippen LogP contribution in [0.25, 0.3) is 0 Å². The van der Waals surface area contributed by atoms with Crippen molar-refractivity contribution in [1.29, 1.82) is 0 Å². The summed E-state index contributed by atoms with van der Waals surface area (Å²) in [5, 5.41) is 0. The van der Waals surface area contributed by atoms with Gasteiger partial charge >= 0.3 is 11.9 Å². The molecule has 4 nitrogen and oxygen atoms in total. The molecule has 1 saturated heterocycles. The first-order chi connectivity index (χ1) is 9.98. The lowest BCUT2D eigenvalue weighted by atomic mass is 9.55. The highest BCUT2D eigenvalue weighted by molar-refractivity contribution is 5.97. The molecule has 0 spiro atoms. The summed E-state index contributed by atoms with van der Waals surface area (Å²) >= 11 is 0. The van der Waals surface area contributed by atoms with Gasteiger partial charge in [-0.1, -0.05) is 0 Å². The van der Waals surface area contributed by atoms with Crippen molar-refractivity contribution >= 4 is 11.9 Å². The third-order valence-corrected chi connectivity index (χ3v) is 7.97. The van der Waals surface area contributed by atoms with E-state index in [1.807, 2.05) is 0 Å². The molecule has 9 atom stereocenters. The predicted octanol–water partition coefficient (Wildman–Crippen LogP) is 1.83. The normalized spacial score (nSPS) is 61.1. The second kappa shape index (κ2) is 3.02. The third-order valence-electron chi connectivity index (χ3n) is 7.97. The summed E-state index contributed by atoms with van der Waals surface area (Å²) in [5.41, 5.74) is 0. The van der Waals surface area contributed by atoms with Crippen molar-refractivity contribution in [3.8, 4) is 0 Å².